The van der Waals surface area contributed by atoms with Gasteiger partial charge in [-0.25, -0.2) is 0 Å². The van der Waals surface area contributed by atoms with E-state index in [-0.39, 0.29) is 0 Å². The summed E-state index contributed by atoms with van der Waals surface area (Å²) < 4.78 is 11.3. The first-order chi connectivity index (χ1) is 9.70. The molecule has 4 nitrogen and oxygen atoms in total. The number of pyridine rings is 1. The first kappa shape index (κ1) is 13.1. The molecule has 1 aliphatic carbocycles. The summed E-state index contributed by atoms with van der Waals surface area (Å²) in [6, 6.07) is 10.6. The van der Waals surface area contributed by atoms with Crippen LogP contribution in [0.15, 0.2) is 36.4 Å². The van der Waals surface area contributed by atoms with Gasteiger partial charge in [-0.15, -0.1) is 0 Å². The van der Waals surface area contributed by atoms with E-state index in [0.717, 1.165) is 0 Å². The van der Waals surface area contributed by atoms with Gasteiger partial charge in [0.15, 0.2) is 0 Å². The van der Waals surface area contributed by atoms with E-state index >= 15 is 0 Å². The van der Waals surface area contributed by atoms with Crippen LogP contribution in [0.1, 0.15) is 12.8 Å². The van der Waals surface area contributed by atoms with Crippen LogP contribution in [-0.4, -0.2) is 11.6 Å². The highest BCUT2D eigenvalue weighted by molar-refractivity contribution is 6.30. The Morgan fingerprint density at radius 2 is 2.10 bits per heavy atom. The van der Waals surface area contributed by atoms with Crippen LogP contribution in [-0.2, 0) is 0 Å². The molecule has 1 heterocycles. The van der Waals surface area contributed by atoms with Gasteiger partial charge in [0.25, 0.3) is 0 Å². The summed E-state index contributed by atoms with van der Waals surface area (Å²) >= 11 is 5.91. The number of hydrogen-bond acceptors (Lipinski definition) is 4. The zero-order chi connectivity index (χ0) is 13.9. The third kappa shape index (κ3) is 3.33. The minimum Gasteiger partial charge on any atom is -0.476 e. The maximum absolute atomic E-state index is 5.91. The zero-order valence-electron chi connectivity index (χ0n) is 10.9. The lowest BCUT2D eigenvalue weighted by molar-refractivity contribution is 0.286. The van der Waals surface area contributed by atoms with Crippen molar-refractivity contribution in [1.29, 1.82) is 0 Å². The molecule has 1 aromatic heterocycles. The molecule has 1 aromatic carbocycles. The number of benzene rings is 1. The maximum Gasteiger partial charge on any atom is 0.240 e. The van der Waals surface area contributed by atoms with Crippen LogP contribution in [0, 0.1) is 5.92 Å². The Kier molecular flexibility index (Phi) is 3.65. The average molecular weight is 291 g/mol. The van der Waals surface area contributed by atoms with E-state index < -0.39 is 0 Å². The molecule has 0 spiro atoms. The lowest BCUT2D eigenvalue weighted by Gasteiger charge is -2.10. The second kappa shape index (κ2) is 5.59. The van der Waals surface area contributed by atoms with Crippen molar-refractivity contribution in [1.82, 2.24) is 4.98 Å². The van der Waals surface area contributed by atoms with Gasteiger partial charge in [0.2, 0.25) is 11.8 Å². The van der Waals surface area contributed by atoms with Crippen LogP contribution in [0.2, 0.25) is 5.02 Å². The molecule has 5 heteroatoms. The Morgan fingerprint density at radius 1 is 1.25 bits per heavy atom. The number of anilines is 1. The molecule has 20 heavy (non-hydrogen) atoms. The van der Waals surface area contributed by atoms with Crippen LogP contribution in [0.25, 0.3) is 0 Å². The summed E-state index contributed by atoms with van der Waals surface area (Å²) in [6.07, 6.45) is 2.44. The highest BCUT2D eigenvalue weighted by atomic mass is 35.5. The van der Waals surface area contributed by atoms with E-state index in [2.05, 4.69) is 4.98 Å². The van der Waals surface area contributed by atoms with Crippen LogP contribution in [0.3, 0.4) is 0 Å². The van der Waals surface area contributed by atoms with E-state index in [4.69, 9.17) is 26.8 Å². The summed E-state index contributed by atoms with van der Waals surface area (Å²) in [5.74, 6) is 2.14. The normalized spacial score (nSPS) is 14.1. The minimum atomic E-state index is 0.427. The lowest BCUT2D eigenvalue weighted by atomic mass is 10.3. The van der Waals surface area contributed by atoms with Crippen LogP contribution < -0.4 is 15.2 Å². The second-order valence-corrected chi connectivity index (χ2v) is 5.29. The molecule has 0 bridgehead atoms. The van der Waals surface area contributed by atoms with Gasteiger partial charge in [-0.1, -0.05) is 17.7 Å². The smallest absolute Gasteiger partial charge is 0.240 e. The fourth-order valence-electron chi connectivity index (χ4n) is 1.74. The monoisotopic (exact) mass is 290 g/mol. The topological polar surface area (TPSA) is 57.4 Å². The third-order valence-corrected chi connectivity index (χ3v) is 3.27. The SMILES string of the molecule is Nc1ccc(Oc2cccc(Cl)c2)nc1OCC1CC1. The minimum absolute atomic E-state index is 0.427. The number of hydrogen-bond donors (Lipinski definition) is 1. The molecule has 0 amide bonds. The molecule has 0 radical (unpaired) electrons. The van der Waals surface area contributed by atoms with Crippen molar-refractivity contribution < 1.29 is 9.47 Å². The highest BCUT2D eigenvalue weighted by Crippen LogP contribution is 2.31. The number of nitrogens with two attached hydrogens (primary N) is 1. The molecule has 2 N–H and O–H groups in total. The average Bonchev–Trinajstić information content (AvgIpc) is 3.23. The van der Waals surface area contributed by atoms with Crippen LogP contribution in [0.5, 0.6) is 17.5 Å². The number of halogens is 1. The Labute approximate surface area is 122 Å². The van der Waals surface area contributed by atoms with E-state index in [9.17, 15) is 0 Å². The van der Waals surface area contributed by atoms with Crippen molar-refractivity contribution in [3.05, 3.63) is 41.4 Å². The zero-order valence-corrected chi connectivity index (χ0v) is 11.6. The van der Waals surface area contributed by atoms with Crippen molar-refractivity contribution in [3.8, 4) is 17.5 Å². The molecule has 1 fully saturated rings. The summed E-state index contributed by atoms with van der Waals surface area (Å²) in [5.41, 5.74) is 6.37. The first-order valence-corrected chi connectivity index (χ1v) is 6.91. The maximum atomic E-state index is 5.91. The largest absolute Gasteiger partial charge is 0.476 e. The summed E-state index contributed by atoms with van der Waals surface area (Å²) in [7, 11) is 0. The van der Waals surface area contributed by atoms with Gasteiger partial charge >= 0.3 is 0 Å². The van der Waals surface area contributed by atoms with E-state index in [1.807, 2.05) is 12.1 Å². The molecule has 2 aromatic rings. The fourth-order valence-corrected chi connectivity index (χ4v) is 1.92. The molecule has 0 aliphatic heterocycles. The quantitative estimate of drug-likeness (QED) is 0.907. The van der Waals surface area contributed by atoms with Crippen molar-refractivity contribution in [2.75, 3.05) is 12.3 Å². The molecule has 0 saturated heterocycles. The van der Waals surface area contributed by atoms with Crippen molar-refractivity contribution in [3.63, 3.8) is 0 Å². The van der Waals surface area contributed by atoms with Gasteiger partial charge in [-0.2, -0.15) is 4.98 Å². The molecule has 1 saturated carbocycles. The molecule has 3 rings (SSSR count). The molecule has 0 atom stereocenters. The standard InChI is InChI=1S/C15H15ClN2O2/c16-11-2-1-3-12(8-11)20-14-7-6-13(17)15(18-14)19-9-10-4-5-10/h1-3,6-8,10H,4-5,9,17H2. The Hall–Kier alpha value is -1.94. The van der Waals surface area contributed by atoms with Gasteiger partial charge in [-0.05, 0) is 43.0 Å². The second-order valence-electron chi connectivity index (χ2n) is 4.86. The Bertz CT molecular complexity index is 615. The lowest BCUT2D eigenvalue weighted by Crippen LogP contribution is -2.04. The third-order valence-electron chi connectivity index (χ3n) is 3.04. The summed E-state index contributed by atoms with van der Waals surface area (Å²) in [5, 5.41) is 0.614. The molecule has 1 aliphatic rings. The predicted molar refractivity (Wildman–Crippen MR) is 78.4 cm³/mol. The molecular formula is C15H15ClN2O2. The molecule has 104 valence electrons. The van der Waals surface area contributed by atoms with Crippen molar-refractivity contribution in [2.45, 2.75) is 12.8 Å². The van der Waals surface area contributed by atoms with E-state index in [1.54, 1.807) is 24.3 Å². The summed E-state index contributed by atoms with van der Waals surface area (Å²) in [6.45, 7) is 0.665. The van der Waals surface area contributed by atoms with Gasteiger partial charge in [0.05, 0.1) is 12.3 Å². The van der Waals surface area contributed by atoms with Gasteiger partial charge < -0.3 is 15.2 Å². The number of ether oxygens (including phenoxy) is 2. The summed E-state index contributed by atoms with van der Waals surface area (Å²) in [4.78, 5) is 4.28. The van der Waals surface area contributed by atoms with Crippen LogP contribution >= 0.6 is 11.6 Å². The number of aromatic nitrogens is 1. The van der Waals surface area contributed by atoms with Gasteiger partial charge in [-0.3, -0.25) is 0 Å². The molecule has 0 unspecified atom stereocenters. The number of rotatable bonds is 5. The van der Waals surface area contributed by atoms with Crippen molar-refractivity contribution >= 4 is 17.3 Å². The van der Waals surface area contributed by atoms with E-state index in [0.29, 0.717) is 40.7 Å². The fraction of sp³-hybridized carbons (Fsp3) is 0.267. The van der Waals surface area contributed by atoms with E-state index in [1.165, 1.54) is 12.8 Å². The highest BCUT2D eigenvalue weighted by Gasteiger charge is 2.22. The number of nitrogen functional groups attached to an aromatic ring is 1. The van der Waals surface area contributed by atoms with Crippen molar-refractivity contribution in [2.24, 2.45) is 5.92 Å². The van der Waals surface area contributed by atoms with Gasteiger partial charge in [0, 0.05) is 11.1 Å². The Balaban J connectivity index is 1.73. The van der Waals surface area contributed by atoms with Crippen LogP contribution in [0.4, 0.5) is 5.69 Å². The molecular weight excluding hydrogens is 276 g/mol. The number of nitrogens with zero attached hydrogens (tertiary/aromatic N) is 1. The van der Waals surface area contributed by atoms with Gasteiger partial charge in [0.1, 0.15) is 5.75 Å². The predicted octanol–water partition coefficient (Wildman–Crippen LogP) is 3.90. The Morgan fingerprint density at radius 3 is 2.85 bits per heavy atom. The first-order valence-electron chi connectivity index (χ1n) is 6.53.